The molecule has 0 fully saturated rings. The van der Waals surface area contributed by atoms with Gasteiger partial charge in [0.15, 0.2) is 0 Å². The molecular formula is C26H12N2O10S2-2. The molecule has 40 heavy (non-hydrogen) atoms. The molecule has 0 aliphatic carbocycles. The van der Waals surface area contributed by atoms with Crippen LogP contribution in [0, 0.1) is 0 Å². The molecule has 12 nitrogen and oxygen atoms in total. The second kappa shape index (κ2) is 8.37. The summed E-state index contributed by atoms with van der Waals surface area (Å²) < 4.78 is 70.1. The Morgan fingerprint density at radius 1 is 0.675 bits per heavy atom. The van der Waals surface area contributed by atoms with Gasteiger partial charge in [-0.2, -0.15) is 8.42 Å². The normalized spacial score (nSPS) is 15.0. The van der Waals surface area contributed by atoms with Crippen LogP contribution in [0.2, 0.25) is 0 Å². The van der Waals surface area contributed by atoms with E-state index in [0.29, 0.717) is 4.90 Å². The fraction of sp³-hybridized carbons (Fsp3) is 0. The summed E-state index contributed by atoms with van der Waals surface area (Å²) in [5.74, 6) is -3.48. The number of hydrogen-bond donors (Lipinski definition) is 1. The van der Waals surface area contributed by atoms with E-state index >= 15 is 0 Å². The van der Waals surface area contributed by atoms with Crippen LogP contribution in [-0.4, -0.2) is 49.6 Å². The predicted molar refractivity (Wildman–Crippen MR) is 136 cm³/mol. The predicted octanol–water partition coefficient (Wildman–Crippen LogP) is 1.72. The quantitative estimate of drug-likeness (QED) is 0.275. The monoisotopic (exact) mass is 576 g/mol. The average Bonchev–Trinajstić information content (AvgIpc) is 2.89. The van der Waals surface area contributed by atoms with Crippen molar-refractivity contribution < 1.29 is 45.4 Å². The molecule has 0 saturated carbocycles. The van der Waals surface area contributed by atoms with Crippen molar-refractivity contribution in [1.29, 1.82) is 0 Å². The molecule has 3 amide bonds. The van der Waals surface area contributed by atoms with E-state index in [1.807, 2.05) is 0 Å². The maximum atomic E-state index is 13.6. The van der Waals surface area contributed by atoms with Crippen molar-refractivity contribution in [2.24, 2.45) is 4.99 Å². The Balaban J connectivity index is 1.56. The molecule has 0 bridgehead atoms. The van der Waals surface area contributed by atoms with Gasteiger partial charge in [-0.1, -0.05) is 30.3 Å². The van der Waals surface area contributed by atoms with E-state index in [-0.39, 0.29) is 49.8 Å². The fourth-order valence-corrected chi connectivity index (χ4v) is 6.40. The van der Waals surface area contributed by atoms with Gasteiger partial charge < -0.3 is 9.66 Å². The van der Waals surface area contributed by atoms with Crippen LogP contribution in [0.1, 0.15) is 36.6 Å². The highest BCUT2D eigenvalue weighted by Crippen LogP contribution is 2.40. The summed E-state index contributed by atoms with van der Waals surface area (Å²) in [6, 6.07) is 12.9. The number of benzene rings is 4. The highest BCUT2D eigenvalue weighted by Gasteiger charge is 2.37. The molecule has 200 valence electrons. The van der Waals surface area contributed by atoms with E-state index in [4.69, 9.17) is 0 Å². The van der Waals surface area contributed by atoms with Gasteiger partial charge in [0, 0.05) is 33.0 Å². The maximum absolute atomic E-state index is 13.6. The number of hydrogen-bond acceptors (Lipinski definition) is 9. The largest absolute Gasteiger partial charge is 0.858 e. The zero-order chi connectivity index (χ0) is 28.7. The van der Waals surface area contributed by atoms with E-state index in [9.17, 15) is 45.4 Å². The van der Waals surface area contributed by atoms with Crippen molar-refractivity contribution in [3.63, 3.8) is 0 Å². The SMILES string of the molecule is O=C1N=C([O-])c2ccc3c4c(ccc1c24)C(=O)N(c1ccc(-c2ccccc2S(=O)(=O)[O-])c(S(=O)(=O)O)c1)C3=O. The number of aliphatic imine (C=N–C) groups is 1. The molecule has 0 atom stereocenters. The first-order chi connectivity index (χ1) is 18.8. The standard InChI is InChI=1S/C26H14N2O10S2/c29-23-15-7-9-17-22-18(10-8-16(21(15)22)24(30)27-23)26(32)28(25(17)31)12-5-6-14(20(11-12)40(36,37)38)13-3-1-2-4-19(13)39(33,34)35/h1-11H,(H,27,29,30)(H,33,34,35)(H,36,37,38)/p-2. The van der Waals surface area contributed by atoms with Gasteiger partial charge in [-0.05, 0) is 47.9 Å². The Bertz CT molecular complexity index is 2110. The highest BCUT2D eigenvalue weighted by molar-refractivity contribution is 7.86. The van der Waals surface area contributed by atoms with Gasteiger partial charge in [-0.25, -0.2) is 18.3 Å². The molecule has 6 rings (SSSR count). The summed E-state index contributed by atoms with van der Waals surface area (Å²) in [6.07, 6.45) is 0. The first-order valence-electron chi connectivity index (χ1n) is 11.2. The summed E-state index contributed by atoms with van der Waals surface area (Å²) >= 11 is 0. The summed E-state index contributed by atoms with van der Waals surface area (Å²) in [6.45, 7) is 0. The molecule has 0 aromatic heterocycles. The smallest absolute Gasteiger partial charge is 0.295 e. The number of amides is 3. The van der Waals surface area contributed by atoms with Crippen molar-refractivity contribution in [1.82, 2.24) is 0 Å². The zero-order valence-corrected chi connectivity index (χ0v) is 21.3. The van der Waals surface area contributed by atoms with E-state index in [1.165, 1.54) is 36.4 Å². The van der Waals surface area contributed by atoms with Gasteiger partial charge >= 0.3 is 0 Å². The first-order valence-corrected chi connectivity index (χ1v) is 14.1. The Labute approximate surface area is 225 Å². The average molecular weight is 577 g/mol. The number of imide groups is 1. The minimum absolute atomic E-state index is 0.0363. The van der Waals surface area contributed by atoms with Gasteiger partial charge in [0.2, 0.25) is 0 Å². The number of rotatable bonds is 4. The van der Waals surface area contributed by atoms with E-state index < -0.39 is 53.6 Å². The second-order valence-electron chi connectivity index (χ2n) is 8.85. The molecule has 0 saturated heterocycles. The van der Waals surface area contributed by atoms with Crippen LogP contribution in [0.3, 0.4) is 0 Å². The number of carbonyl (C=O) groups excluding carboxylic acids is 3. The zero-order valence-electron chi connectivity index (χ0n) is 19.7. The van der Waals surface area contributed by atoms with E-state index in [0.717, 1.165) is 30.3 Å². The number of nitrogens with zero attached hydrogens (tertiary/aromatic N) is 2. The van der Waals surface area contributed by atoms with E-state index in [1.54, 1.807) is 0 Å². The Morgan fingerprint density at radius 2 is 1.20 bits per heavy atom. The van der Waals surface area contributed by atoms with Gasteiger partial charge in [-0.3, -0.25) is 18.9 Å². The summed E-state index contributed by atoms with van der Waals surface area (Å²) in [5, 5.41) is 12.5. The van der Waals surface area contributed by atoms with E-state index in [2.05, 4.69) is 4.99 Å². The van der Waals surface area contributed by atoms with Crippen LogP contribution in [0.25, 0.3) is 21.9 Å². The van der Waals surface area contributed by atoms with Crippen LogP contribution < -0.4 is 10.0 Å². The first kappa shape index (κ1) is 25.5. The molecule has 4 aromatic carbocycles. The summed E-state index contributed by atoms with van der Waals surface area (Å²) in [5.41, 5.74) is -1.02. The molecule has 0 unspecified atom stereocenters. The van der Waals surface area contributed by atoms with Gasteiger partial charge in [0.1, 0.15) is 15.0 Å². The third-order valence-corrected chi connectivity index (χ3v) is 8.43. The Morgan fingerprint density at radius 3 is 1.82 bits per heavy atom. The van der Waals surface area contributed by atoms with Crippen LogP contribution in [0.15, 0.2) is 81.5 Å². The fourth-order valence-electron chi connectivity index (χ4n) is 4.98. The number of carbonyl (C=O) groups is 3. The lowest BCUT2D eigenvalue weighted by atomic mass is 9.87. The summed E-state index contributed by atoms with van der Waals surface area (Å²) in [4.78, 5) is 42.0. The molecule has 2 aliphatic heterocycles. The second-order valence-corrected chi connectivity index (χ2v) is 11.6. The third kappa shape index (κ3) is 3.65. The van der Waals surface area contributed by atoms with Crippen molar-refractivity contribution in [3.05, 3.63) is 89.0 Å². The van der Waals surface area contributed by atoms with Gasteiger partial charge in [-0.15, -0.1) is 0 Å². The Hall–Kier alpha value is -4.76. The summed E-state index contributed by atoms with van der Waals surface area (Å²) in [7, 11) is -10.2. The van der Waals surface area contributed by atoms with Crippen LogP contribution in [0.5, 0.6) is 0 Å². The Kier molecular flexibility index (Phi) is 5.34. The maximum Gasteiger partial charge on any atom is 0.295 e. The number of anilines is 1. The lowest BCUT2D eigenvalue weighted by Gasteiger charge is -2.30. The lowest BCUT2D eigenvalue weighted by Crippen LogP contribution is -2.41. The molecule has 0 radical (unpaired) electrons. The minimum Gasteiger partial charge on any atom is -0.858 e. The van der Waals surface area contributed by atoms with Crippen LogP contribution in [-0.2, 0) is 20.2 Å². The van der Waals surface area contributed by atoms with Gasteiger partial charge in [0.05, 0.1) is 16.1 Å². The van der Waals surface area contributed by atoms with Crippen LogP contribution >= 0.6 is 0 Å². The molecule has 14 heteroatoms. The molecule has 2 aliphatic rings. The third-order valence-electron chi connectivity index (χ3n) is 6.64. The van der Waals surface area contributed by atoms with Crippen molar-refractivity contribution >= 4 is 60.3 Å². The van der Waals surface area contributed by atoms with Gasteiger partial charge in [0.25, 0.3) is 27.8 Å². The molecule has 1 N–H and O–H groups in total. The van der Waals surface area contributed by atoms with Crippen molar-refractivity contribution in [2.45, 2.75) is 9.79 Å². The molecule has 4 aromatic rings. The molecule has 0 spiro atoms. The van der Waals surface area contributed by atoms with Crippen molar-refractivity contribution in [3.8, 4) is 11.1 Å². The minimum atomic E-state index is -5.09. The highest BCUT2D eigenvalue weighted by atomic mass is 32.2. The molecular weight excluding hydrogens is 564 g/mol. The van der Waals surface area contributed by atoms with Crippen LogP contribution in [0.4, 0.5) is 5.69 Å². The molecule has 2 heterocycles. The van der Waals surface area contributed by atoms with Crippen molar-refractivity contribution in [2.75, 3.05) is 4.90 Å². The lowest BCUT2D eigenvalue weighted by molar-refractivity contribution is -0.212. The topological polar surface area (TPSA) is 201 Å².